The maximum Gasteiger partial charge on any atom is 0.123 e. The number of halogens is 2. The molecule has 0 spiro atoms. The molecule has 0 heterocycles. The molecule has 1 aliphatic rings. The monoisotopic (exact) mass is 262 g/mol. The van der Waals surface area contributed by atoms with Crippen molar-refractivity contribution >= 4 is 11.6 Å². The predicted octanol–water partition coefficient (Wildman–Crippen LogP) is 4.05. The Hall–Kier alpha value is -1.38. The van der Waals surface area contributed by atoms with Crippen molar-refractivity contribution in [2.45, 2.75) is 18.4 Å². The summed E-state index contributed by atoms with van der Waals surface area (Å²) in [4.78, 5) is 0. The van der Waals surface area contributed by atoms with E-state index >= 15 is 0 Å². The van der Waals surface area contributed by atoms with Crippen LogP contribution in [-0.4, -0.2) is 5.11 Å². The second-order valence-corrected chi connectivity index (χ2v) is 5.01. The normalized spacial score (nSPS) is 21.9. The number of hydrogen-bond donors (Lipinski definition) is 1. The zero-order valence-corrected chi connectivity index (χ0v) is 10.4. The quantitative estimate of drug-likeness (QED) is 0.822. The molecule has 18 heavy (non-hydrogen) atoms. The molecule has 0 amide bonds. The van der Waals surface area contributed by atoms with Crippen LogP contribution < -0.4 is 0 Å². The molecule has 0 aliphatic heterocycles. The fraction of sp³-hybridized carbons (Fsp3) is 0.200. The molecule has 0 radical (unpaired) electrons. The summed E-state index contributed by atoms with van der Waals surface area (Å²) in [5.41, 5.74) is 2.87. The molecular weight excluding hydrogens is 251 g/mol. The van der Waals surface area contributed by atoms with Gasteiger partial charge in [-0.25, -0.2) is 4.39 Å². The van der Waals surface area contributed by atoms with Crippen molar-refractivity contribution in [1.82, 2.24) is 0 Å². The van der Waals surface area contributed by atoms with Crippen LogP contribution in [0, 0.1) is 5.82 Å². The fourth-order valence-corrected chi connectivity index (χ4v) is 3.00. The zero-order valence-electron chi connectivity index (χ0n) is 9.61. The van der Waals surface area contributed by atoms with Crippen LogP contribution in [0.2, 0.25) is 5.02 Å². The van der Waals surface area contributed by atoms with Gasteiger partial charge in [0.05, 0.1) is 6.10 Å². The van der Waals surface area contributed by atoms with E-state index in [0.29, 0.717) is 11.4 Å². The highest BCUT2D eigenvalue weighted by atomic mass is 35.5. The summed E-state index contributed by atoms with van der Waals surface area (Å²) < 4.78 is 12.9. The van der Waals surface area contributed by atoms with Gasteiger partial charge in [0.15, 0.2) is 0 Å². The Bertz CT molecular complexity index is 580. The lowest BCUT2D eigenvalue weighted by atomic mass is 9.93. The molecule has 2 aromatic carbocycles. The Kier molecular flexibility index (Phi) is 2.84. The minimum Gasteiger partial charge on any atom is -0.388 e. The standard InChI is InChI=1S/C15H12ClFO/c16-13-3-1-2-11-12(8-14(18)15(11)13)9-4-6-10(17)7-5-9/h1-7,12,14,18H,8H2/t12-,14+/m1/s1. The molecule has 0 saturated carbocycles. The van der Waals surface area contributed by atoms with E-state index in [9.17, 15) is 9.50 Å². The first-order valence-electron chi connectivity index (χ1n) is 5.88. The highest BCUT2D eigenvalue weighted by Gasteiger charge is 2.32. The SMILES string of the molecule is O[C@H]1C[C@H](c2ccc(F)cc2)c2cccc(Cl)c21. The predicted molar refractivity (Wildman–Crippen MR) is 69.3 cm³/mol. The molecule has 1 nitrogen and oxygen atoms in total. The van der Waals surface area contributed by atoms with Crippen molar-refractivity contribution in [1.29, 1.82) is 0 Å². The van der Waals surface area contributed by atoms with Crippen molar-refractivity contribution < 1.29 is 9.50 Å². The molecule has 0 saturated heterocycles. The smallest absolute Gasteiger partial charge is 0.123 e. The van der Waals surface area contributed by atoms with Crippen molar-refractivity contribution in [2.24, 2.45) is 0 Å². The lowest BCUT2D eigenvalue weighted by molar-refractivity contribution is 0.176. The number of aliphatic hydroxyl groups excluding tert-OH is 1. The maximum absolute atomic E-state index is 12.9. The molecule has 3 rings (SSSR count). The fourth-order valence-electron chi connectivity index (χ4n) is 2.69. The topological polar surface area (TPSA) is 20.2 Å². The number of benzene rings is 2. The van der Waals surface area contributed by atoms with Gasteiger partial charge in [0.25, 0.3) is 0 Å². The van der Waals surface area contributed by atoms with E-state index in [1.165, 1.54) is 12.1 Å². The molecule has 3 heteroatoms. The lowest BCUT2D eigenvalue weighted by Crippen LogP contribution is -1.96. The average Bonchev–Trinajstić information content (AvgIpc) is 2.69. The highest BCUT2D eigenvalue weighted by molar-refractivity contribution is 6.31. The third kappa shape index (κ3) is 1.82. The van der Waals surface area contributed by atoms with Gasteiger partial charge in [-0.05, 0) is 35.7 Å². The molecule has 0 aromatic heterocycles. The van der Waals surface area contributed by atoms with E-state index in [1.54, 1.807) is 18.2 Å². The summed E-state index contributed by atoms with van der Waals surface area (Å²) in [5.74, 6) is -0.155. The van der Waals surface area contributed by atoms with Crippen LogP contribution in [0.1, 0.15) is 35.1 Å². The summed E-state index contributed by atoms with van der Waals surface area (Å²) >= 11 is 6.12. The Morgan fingerprint density at radius 1 is 1.11 bits per heavy atom. The largest absolute Gasteiger partial charge is 0.388 e. The van der Waals surface area contributed by atoms with Crippen LogP contribution in [0.4, 0.5) is 4.39 Å². The van der Waals surface area contributed by atoms with Crippen LogP contribution in [-0.2, 0) is 0 Å². The van der Waals surface area contributed by atoms with Gasteiger partial charge in [0.2, 0.25) is 0 Å². The third-order valence-electron chi connectivity index (χ3n) is 3.53. The maximum atomic E-state index is 12.9. The second kappa shape index (κ2) is 4.38. The Morgan fingerprint density at radius 2 is 1.83 bits per heavy atom. The molecule has 1 aliphatic carbocycles. The number of rotatable bonds is 1. The van der Waals surface area contributed by atoms with E-state index in [-0.39, 0.29) is 11.7 Å². The summed E-state index contributed by atoms with van der Waals surface area (Å²) in [7, 11) is 0. The first-order valence-corrected chi connectivity index (χ1v) is 6.26. The van der Waals surface area contributed by atoms with Gasteiger partial charge in [0.1, 0.15) is 5.82 Å². The van der Waals surface area contributed by atoms with E-state index in [0.717, 1.165) is 16.7 Å². The zero-order chi connectivity index (χ0) is 12.7. The van der Waals surface area contributed by atoms with E-state index in [1.807, 2.05) is 12.1 Å². The number of fused-ring (bicyclic) bond motifs is 1. The first kappa shape index (κ1) is 11.7. The van der Waals surface area contributed by atoms with Gasteiger partial charge in [-0.1, -0.05) is 35.9 Å². The average molecular weight is 263 g/mol. The van der Waals surface area contributed by atoms with Gasteiger partial charge in [-0.2, -0.15) is 0 Å². The second-order valence-electron chi connectivity index (χ2n) is 4.60. The molecule has 0 fully saturated rings. The number of hydrogen-bond acceptors (Lipinski definition) is 1. The number of aliphatic hydroxyl groups is 1. The molecule has 1 N–H and O–H groups in total. The Balaban J connectivity index is 2.08. The van der Waals surface area contributed by atoms with Crippen molar-refractivity contribution in [3.8, 4) is 0 Å². The summed E-state index contributed by atoms with van der Waals surface area (Å²) in [6.07, 6.45) is 0.0637. The van der Waals surface area contributed by atoms with Crippen LogP contribution in [0.3, 0.4) is 0 Å². The molecular formula is C15H12ClFO. The first-order chi connectivity index (χ1) is 8.66. The van der Waals surface area contributed by atoms with E-state index in [4.69, 9.17) is 11.6 Å². The summed E-state index contributed by atoms with van der Waals surface area (Å²) in [6.45, 7) is 0. The van der Waals surface area contributed by atoms with E-state index < -0.39 is 6.10 Å². The Morgan fingerprint density at radius 3 is 2.56 bits per heavy atom. The summed E-state index contributed by atoms with van der Waals surface area (Å²) in [6, 6.07) is 12.1. The van der Waals surface area contributed by atoms with E-state index in [2.05, 4.69) is 0 Å². The van der Waals surface area contributed by atoms with Gasteiger partial charge in [-0.15, -0.1) is 0 Å². The van der Waals surface area contributed by atoms with Crippen molar-refractivity contribution in [3.05, 3.63) is 70.0 Å². The molecule has 2 aromatic rings. The van der Waals surface area contributed by atoms with Gasteiger partial charge in [-0.3, -0.25) is 0 Å². The van der Waals surface area contributed by atoms with Gasteiger partial charge in [0, 0.05) is 16.5 Å². The minimum atomic E-state index is -0.538. The van der Waals surface area contributed by atoms with Gasteiger partial charge < -0.3 is 5.11 Å². The Labute approximate surface area is 110 Å². The van der Waals surface area contributed by atoms with Crippen molar-refractivity contribution in [2.75, 3.05) is 0 Å². The molecule has 2 atom stereocenters. The highest BCUT2D eigenvalue weighted by Crippen LogP contribution is 2.46. The molecule has 0 unspecified atom stereocenters. The lowest BCUT2D eigenvalue weighted by Gasteiger charge is -2.11. The minimum absolute atomic E-state index is 0.0919. The van der Waals surface area contributed by atoms with Crippen LogP contribution in [0.15, 0.2) is 42.5 Å². The van der Waals surface area contributed by atoms with Crippen LogP contribution in [0.5, 0.6) is 0 Å². The van der Waals surface area contributed by atoms with Crippen LogP contribution >= 0.6 is 11.6 Å². The third-order valence-corrected chi connectivity index (χ3v) is 3.86. The molecule has 92 valence electrons. The summed E-state index contributed by atoms with van der Waals surface area (Å²) in [5, 5.41) is 10.7. The molecule has 0 bridgehead atoms. The van der Waals surface area contributed by atoms with Crippen LogP contribution in [0.25, 0.3) is 0 Å². The van der Waals surface area contributed by atoms with Gasteiger partial charge >= 0.3 is 0 Å². The van der Waals surface area contributed by atoms with Crippen molar-refractivity contribution in [3.63, 3.8) is 0 Å².